The van der Waals surface area contributed by atoms with Crippen LogP contribution >= 0.6 is 0 Å². The Morgan fingerprint density at radius 1 is 1.00 bits per heavy atom. The number of hydrogen-bond donors (Lipinski definition) is 1. The number of hydrogen-bond acceptors (Lipinski definition) is 1. The van der Waals surface area contributed by atoms with E-state index in [9.17, 15) is 5.11 Å². The molecule has 0 aliphatic carbocycles. The van der Waals surface area contributed by atoms with Crippen LogP contribution in [0, 0.1) is 23.2 Å². The zero-order valence-electron chi connectivity index (χ0n) is 11.5. The van der Waals surface area contributed by atoms with E-state index in [0.29, 0.717) is 23.9 Å². The van der Waals surface area contributed by atoms with Crippen molar-refractivity contribution in [2.75, 3.05) is 6.61 Å². The normalized spacial score (nSPS) is 16.8. The highest BCUT2D eigenvalue weighted by Crippen LogP contribution is 2.29. The predicted octanol–water partition coefficient (Wildman–Crippen LogP) is 4.10. The van der Waals surface area contributed by atoms with E-state index in [1.165, 1.54) is 12.8 Å². The summed E-state index contributed by atoms with van der Waals surface area (Å²) in [5.41, 5.74) is 0.414. The average molecular weight is 214 g/mol. The number of aliphatic hydroxyl groups excluding tert-OH is 1. The molecule has 0 aromatic rings. The molecule has 0 saturated heterocycles. The average Bonchev–Trinajstić information content (AvgIpc) is 1.98. The minimum atomic E-state index is 0.354. The van der Waals surface area contributed by atoms with E-state index in [1.54, 1.807) is 0 Å². The molecule has 0 bridgehead atoms. The fourth-order valence-electron chi connectivity index (χ4n) is 2.61. The van der Waals surface area contributed by atoms with Gasteiger partial charge in [-0.1, -0.05) is 41.5 Å². The lowest BCUT2D eigenvalue weighted by molar-refractivity contribution is 0.168. The van der Waals surface area contributed by atoms with E-state index in [1.807, 2.05) is 0 Å². The summed E-state index contributed by atoms with van der Waals surface area (Å²) in [6.07, 6.45) is 3.58. The van der Waals surface area contributed by atoms with Crippen molar-refractivity contribution in [2.45, 2.75) is 60.8 Å². The Labute approximate surface area is 96.3 Å². The van der Waals surface area contributed by atoms with Gasteiger partial charge >= 0.3 is 0 Å². The molecule has 0 rings (SSSR count). The Morgan fingerprint density at radius 2 is 1.53 bits per heavy atom. The van der Waals surface area contributed by atoms with Crippen molar-refractivity contribution >= 4 is 0 Å². The van der Waals surface area contributed by atoms with Gasteiger partial charge in [-0.3, -0.25) is 0 Å². The molecule has 0 spiro atoms. The maximum absolute atomic E-state index is 9.32. The van der Waals surface area contributed by atoms with Crippen molar-refractivity contribution in [3.05, 3.63) is 0 Å². The first-order valence-electron chi connectivity index (χ1n) is 6.35. The third-order valence-electron chi connectivity index (χ3n) is 2.76. The second-order valence-corrected chi connectivity index (χ2v) is 6.78. The summed E-state index contributed by atoms with van der Waals surface area (Å²) in [7, 11) is 0. The molecule has 0 fully saturated rings. The van der Waals surface area contributed by atoms with Crippen LogP contribution in [0.5, 0.6) is 0 Å². The minimum absolute atomic E-state index is 0.354. The molecule has 2 unspecified atom stereocenters. The molecule has 1 N–H and O–H groups in total. The highest BCUT2D eigenvalue weighted by Gasteiger charge is 2.19. The van der Waals surface area contributed by atoms with Gasteiger partial charge in [0.1, 0.15) is 0 Å². The smallest absolute Gasteiger partial charge is 0.0459 e. The van der Waals surface area contributed by atoms with Gasteiger partial charge in [-0.25, -0.2) is 0 Å². The molecule has 92 valence electrons. The van der Waals surface area contributed by atoms with Gasteiger partial charge < -0.3 is 5.11 Å². The van der Waals surface area contributed by atoms with Crippen LogP contribution < -0.4 is 0 Å². The lowest BCUT2D eigenvalue weighted by atomic mass is 9.80. The fraction of sp³-hybridized carbons (Fsp3) is 1.00. The van der Waals surface area contributed by atoms with Crippen LogP contribution in [0.4, 0.5) is 0 Å². The summed E-state index contributed by atoms with van der Waals surface area (Å²) in [6, 6.07) is 0. The third-order valence-corrected chi connectivity index (χ3v) is 2.76. The molecule has 15 heavy (non-hydrogen) atoms. The molecule has 0 saturated carbocycles. The predicted molar refractivity (Wildman–Crippen MR) is 67.9 cm³/mol. The first-order chi connectivity index (χ1) is 6.74. The summed E-state index contributed by atoms with van der Waals surface area (Å²) in [4.78, 5) is 0. The van der Waals surface area contributed by atoms with Crippen LogP contribution in [-0.2, 0) is 0 Å². The van der Waals surface area contributed by atoms with Gasteiger partial charge in [0.25, 0.3) is 0 Å². The molecule has 0 amide bonds. The van der Waals surface area contributed by atoms with Crippen molar-refractivity contribution in [3.63, 3.8) is 0 Å². The molecule has 0 radical (unpaired) electrons. The Kier molecular flexibility index (Phi) is 6.51. The van der Waals surface area contributed by atoms with E-state index in [2.05, 4.69) is 41.5 Å². The van der Waals surface area contributed by atoms with Gasteiger partial charge in [-0.15, -0.1) is 0 Å². The molecule has 0 aromatic carbocycles. The molecule has 1 heteroatoms. The summed E-state index contributed by atoms with van der Waals surface area (Å²) in [5.74, 6) is 1.92. The maximum Gasteiger partial charge on any atom is 0.0459 e. The summed E-state index contributed by atoms with van der Waals surface area (Å²) in [6.45, 7) is 14.0. The Bertz CT molecular complexity index is 155. The molecule has 2 atom stereocenters. The van der Waals surface area contributed by atoms with E-state index in [0.717, 1.165) is 12.3 Å². The first kappa shape index (κ1) is 15.0. The lowest BCUT2D eigenvalue weighted by Gasteiger charge is -2.26. The molecular formula is C14H30O. The van der Waals surface area contributed by atoms with Crippen LogP contribution in [0.15, 0.2) is 0 Å². The highest BCUT2D eigenvalue weighted by molar-refractivity contribution is 4.70. The van der Waals surface area contributed by atoms with Crippen LogP contribution in [0.2, 0.25) is 0 Å². The van der Waals surface area contributed by atoms with Gasteiger partial charge in [0.15, 0.2) is 0 Å². The van der Waals surface area contributed by atoms with Gasteiger partial charge in [-0.2, -0.15) is 0 Å². The van der Waals surface area contributed by atoms with Gasteiger partial charge in [0.2, 0.25) is 0 Å². The second kappa shape index (κ2) is 6.52. The van der Waals surface area contributed by atoms with Gasteiger partial charge in [0, 0.05) is 6.61 Å². The molecule has 1 nitrogen and oxygen atoms in total. The highest BCUT2D eigenvalue weighted by atomic mass is 16.3. The Morgan fingerprint density at radius 3 is 1.87 bits per heavy atom. The fourth-order valence-corrected chi connectivity index (χ4v) is 2.61. The van der Waals surface area contributed by atoms with Crippen molar-refractivity contribution < 1.29 is 5.11 Å². The molecule has 0 aliphatic rings. The topological polar surface area (TPSA) is 20.2 Å². The van der Waals surface area contributed by atoms with Crippen LogP contribution in [-0.4, -0.2) is 11.7 Å². The van der Waals surface area contributed by atoms with Crippen molar-refractivity contribution in [3.8, 4) is 0 Å². The minimum Gasteiger partial charge on any atom is -0.396 e. The van der Waals surface area contributed by atoms with E-state index >= 15 is 0 Å². The zero-order valence-corrected chi connectivity index (χ0v) is 11.5. The summed E-state index contributed by atoms with van der Waals surface area (Å²) >= 11 is 0. The second-order valence-electron chi connectivity index (χ2n) is 6.78. The zero-order chi connectivity index (χ0) is 12.1. The van der Waals surface area contributed by atoms with E-state index in [-0.39, 0.29) is 0 Å². The largest absolute Gasteiger partial charge is 0.396 e. The van der Waals surface area contributed by atoms with Crippen LogP contribution in [0.3, 0.4) is 0 Å². The van der Waals surface area contributed by atoms with E-state index < -0.39 is 0 Å². The Balaban J connectivity index is 3.96. The maximum atomic E-state index is 9.32. The molecular weight excluding hydrogens is 184 g/mol. The number of rotatable bonds is 6. The quantitative estimate of drug-likeness (QED) is 0.705. The number of aliphatic hydroxyl groups is 1. The molecule has 0 aromatic heterocycles. The summed E-state index contributed by atoms with van der Waals surface area (Å²) in [5, 5.41) is 9.32. The molecule has 0 aliphatic heterocycles. The molecule has 0 heterocycles. The van der Waals surface area contributed by atoms with Gasteiger partial charge in [-0.05, 0) is 42.4 Å². The van der Waals surface area contributed by atoms with Crippen molar-refractivity contribution in [2.24, 2.45) is 23.2 Å². The monoisotopic (exact) mass is 214 g/mol. The van der Waals surface area contributed by atoms with E-state index in [4.69, 9.17) is 0 Å². The lowest BCUT2D eigenvalue weighted by Crippen LogP contribution is -2.17. The first-order valence-corrected chi connectivity index (χ1v) is 6.35. The van der Waals surface area contributed by atoms with Gasteiger partial charge in [0.05, 0.1) is 0 Å². The SMILES string of the molecule is CC(C)CC(CO)CC(C)CC(C)(C)C. The third kappa shape index (κ3) is 8.92. The van der Waals surface area contributed by atoms with Crippen molar-refractivity contribution in [1.82, 2.24) is 0 Å². The Hall–Kier alpha value is -0.0400. The standard InChI is InChI=1S/C14H30O/c1-11(2)7-13(10-15)8-12(3)9-14(4,5)6/h11-13,15H,7-10H2,1-6H3. The summed E-state index contributed by atoms with van der Waals surface area (Å²) < 4.78 is 0. The van der Waals surface area contributed by atoms with Crippen molar-refractivity contribution in [1.29, 1.82) is 0 Å². The van der Waals surface area contributed by atoms with Crippen LogP contribution in [0.1, 0.15) is 60.8 Å². The van der Waals surface area contributed by atoms with Crippen LogP contribution in [0.25, 0.3) is 0 Å².